The van der Waals surface area contributed by atoms with Crippen molar-refractivity contribution in [3.05, 3.63) is 23.8 Å². The lowest BCUT2D eigenvalue weighted by molar-refractivity contribution is -0.0237. The molecule has 1 aliphatic carbocycles. The van der Waals surface area contributed by atoms with Crippen LogP contribution >= 0.6 is 0 Å². The van der Waals surface area contributed by atoms with Gasteiger partial charge in [0.15, 0.2) is 17.1 Å². The predicted octanol–water partition coefficient (Wildman–Crippen LogP) is 3.30. The maximum Gasteiger partial charge on any atom is 0.168 e. The molecule has 2 heterocycles. The van der Waals surface area contributed by atoms with Crippen LogP contribution in [0, 0.1) is 0 Å². The molecular formula is C18H23NO4. The third kappa shape index (κ3) is 2.90. The zero-order valence-corrected chi connectivity index (χ0v) is 13.5. The molecule has 1 spiro atoms. The number of oxime groups is 1. The van der Waals surface area contributed by atoms with Crippen molar-refractivity contribution >= 4 is 5.71 Å². The van der Waals surface area contributed by atoms with Crippen LogP contribution in [0.15, 0.2) is 23.4 Å². The minimum atomic E-state index is -0.248. The molecule has 1 aromatic carbocycles. The highest BCUT2D eigenvalue weighted by Crippen LogP contribution is 2.37. The summed E-state index contributed by atoms with van der Waals surface area (Å²) < 4.78 is 17.1. The Bertz CT molecular complexity index is 601. The summed E-state index contributed by atoms with van der Waals surface area (Å²) in [7, 11) is 1.68. The van der Waals surface area contributed by atoms with Crippen molar-refractivity contribution in [3.63, 3.8) is 0 Å². The largest absolute Gasteiger partial charge is 0.493 e. The maximum atomic E-state index is 6.09. The van der Waals surface area contributed by atoms with Crippen molar-refractivity contribution in [1.82, 2.24) is 0 Å². The van der Waals surface area contributed by atoms with Gasteiger partial charge in [-0.2, -0.15) is 0 Å². The van der Waals surface area contributed by atoms with Gasteiger partial charge in [-0.05, 0) is 43.9 Å². The molecule has 0 aromatic heterocycles. The molecule has 124 valence electrons. The standard InChI is InChI=1S/C18H23NO4/c1-20-17-10-13(6-7-16(17)22-14-4-2-3-5-14)15-11-18(23-19-15)8-9-21-12-18/h6-7,10,14H,2-5,8-9,11-12H2,1H3. The summed E-state index contributed by atoms with van der Waals surface area (Å²) in [6.07, 6.45) is 6.79. The van der Waals surface area contributed by atoms with Crippen molar-refractivity contribution in [3.8, 4) is 11.5 Å². The molecule has 1 aromatic rings. The maximum absolute atomic E-state index is 6.09. The molecule has 0 bridgehead atoms. The second-order valence-electron chi connectivity index (χ2n) is 6.68. The van der Waals surface area contributed by atoms with Crippen LogP contribution in [-0.4, -0.2) is 37.7 Å². The summed E-state index contributed by atoms with van der Waals surface area (Å²) in [6.45, 7) is 1.38. The number of hydrogen-bond donors (Lipinski definition) is 0. The van der Waals surface area contributed by atoms with Gasteiger partial charge in [-0.3, -0.25) is 0 Å². The summed E-state index contributed by atoms with van der Waals surface area (Å²) in [5.74, 6) is 1.59. The average Bonchev–Trinajstić information content (AvgIpc) is 3.32. The molecule has 0 radical (unpaired) electrons. The van der Waals surface area contributed by atoms with E-state index >= 15 is 0 Å². The molecule has 2 aliphatic heterocycles. The van der Waals surface area contributed by atoms with E-state index in [-0.39, 0.29) is 5.60 Å². The van der Waals surface area contributed by atoms with Gasteiger partial charge in [-0.1, -0.05) is 5.16 Å². The molecule has 23 heavy (non-hydrogen) atoms. The highest BCUT2D eigenvalue weighted by Gasteiger charge is 2.43. The second kappa shape index (κ2) is 6.04. The predicted molar refractivity (Wildman–Crippen MR) is 86.3 cm³/mol. The van der Waals surface area contributed by atoms with E-state index in [4.69, 9.17) is 19.0 Å². The van der Waals surface area contributed by atoms with E-state index in [1.54, 1.807) is 7.11 Å². The monoisotopic (exact) mass is 317 g/mol. The molecule has 1 saturated carbocycles. The van der Waals surface area contributed by atoms with Crippen molar-refractivity contribution in [2.75, 3.05) is 20.3 Å². The summed E-state index contributed by atoms with van der Waals surface area (Å²) in [6, 6.07) is 6.04. The number of hydrogen-bond acceptors (Lipinski definition) is 5. The van der Waals surface area contributed by atoms with Crippen LogP contribution in [0.1, 0.15) is 44.1 Å². The Kier molecular flexibility index (Phi) is 3.89. The third-order valence-electron chi connectivity index (χ3n) is 5.00. The first-order chi connectivity index (χ1) is 11.3. The van der Waals surface area contributed by atoms with E-state index in [0.717, 1.165) is 55.1 Å². The van der Waals surface area contributed by atoms with Gasteiger partial charge in [0.2, 0.25) is 0 Å². The SMILES string of the molecule is COc1cc(C2=NOC3(CCOC3)C2)ccc1OC1CCCC1. The smallest absolute Gasteiger partial charge is 0.168 e. The molecule has 1 atom stereocenters. The lowest BCUT2D eigenvalue weighted by Crippen LogP contribution is -2.29. The van der Waals surface area contributed by atoms with E-state index in [1.807, 2.05) is 18.2 Å². The average molecular weight is 317 g/mol. The molecule has 0 N–H and O–H groups in total. The molecule has 5 heteroatoms. The van der Waals surface area contributed by atoms with Gasteiger partial charge < -0.3 is 19.0 Å². The van der Waals surface area contributed by atoms with Gasteiger partial charge in [-0.25, -0.2) is 0 Å². The molecular weight excluding hydrogens is 294 g/mol. The Morgan fingerprint density at radius 1 is 1.22 bits per heavy atom. The van der Waals surface area contributed by atoms with Gasteiger partial charge in [0.25, 0.3) is 0 Å². The quantitative estimate of drug-likeness (QED) is 0.855. The number of nitrogens with zero attached hydrogens (tertiary/aromatic N) is 1. The molecule has 1 unspecified atom stereocenters. The van der Waals surface area contributed by atoms with Crippen LogP contribution in [0.3, 0.4) is 0 Å². The highest BCUT2D eigenvalue weighted by atomic mass is 16.7. The number of methoxy groups -OCH3 is 1. The fourth-order valence-electron chi connectivity index (χ4n) is 3.61. The van der Waals surface area contributed by atoms with Gasteiger partial charge in [0.05, 0.1) is 32.1 Å². The fourth-order valence-corrected chi connectivity index (χ4v) is 3.61. The normalized spacial score (nSPS) is 27.3. The van der Waals surface area contributed by atoms with Gasteiger partial charge in [0.1, 0.15) is 0 Å². The summed E-state index contributed by atoms with van der Waals surface area (Å²) in [5, 5.41) is 4.29. The van der Waals surface area contributed by atoms with Crippen LogP contribution in [-0.2, 0) is 9.57 Å². The van der Waals surface area contributed by atoms with Gasteiger partial charge in [0, 0.05) is 18.4 Å². The molecule has 2 fully saturated rings. The first-order valence-corrected chi connectivity index (χ1v) is 8.46. The van der Waals surface area contributed by atoms with Crippen LogP contribution < -0.4 is 9.47 Å². The zero-order chi connectivity index (χ0) is 15.7. The van der Waals surface area contributed by atoms with E-state index in [1.165, 1.54) is 12.8 Å². The van der Waals surface area contributed by atoms with Crippen molar-refractivity contribution in [1.29, 1.82) is 0 Å². The molecule has 4 rings (SSSR count). The Labute approximate surface area is 136 Å². The number of rotatable bonds is 4. The van der Waals surface area contributed by atoms with Crippen molar-refractivity contribution < 1.29 is 19.0 Å². The molecule has 3 aliphatic rings. The van der Waals surface area contributed by atoms with Crippen LogP contribution in [0.2, 0.25) is 0 Å². The van der Waals surface area contributed by atoms with Crippen molar-refractivity contribution in [2.45, 2.75) is 50.2 Å². The topological polar surface area (TPSA) is 49.3 Å². The fraction of sp³-hybridized carbons (Fsp3) is 0.611. The Morgan fingerprint density at radius 3 is 2.83 bits per heavy atom. The minimum Gasteiger partial charge on any atom is -0.493 e. The summed E-state index contributed by atoms with van der Waals surface area (Å²) in [5.41, 5.74) is 1.74. The van der Waals surface area contributed by atoms with E-state index in [2.05, 4.69) is 5.16 Å². The van der Waals surface area contributed by atoms with Crippen molar-refractivity contribution in [2.24, 2.45) is 5.16 Å². The van der Waals surface area contributed by atoms with Crippen LogP contribution in [0.25, 0.3) is 0 Å². The van der Waals surface area contributed by atoms with Crippen LogP contribution in [0.4, 0.5) is 0 Å². The Hall–Kier alpha value is -1.75. The zero-order valence-electron chi connectivity index (χ0n) is 13.5. The first-order valence-electron chi connectivity index (χ1n) is 8.46. The van der Waals surface area contributed by atoms with Crippen LogP contribution in [0.5, 0.6) is 11.5 Å². The molecule has 5 nitrogen and oxygen atoms in total. The Morgan fingerprint density at radius 2 is 2.09 bits per heavy atom. The second-order valence-corrected chi connectivity index (χ2v) is 6.68. The minimum absolute atomic E-state index is 0.248. The van der Waals surface area contributed by atoms with Gasteiger partial charge in [-0.15, -0.1) is 0 Å². The Balaban J connectivity index is 1.51. The molecule has 0 amide bonds. The highest BCUT2D eigenvalue weighted by molar-refractivity contribution is 6.02. The van der Waals surface area contributed by atoms with Gasteiger partial charge >= 0.3 is 0 Å². The first kappa shape index (κ1) is 14.8. The van der Waals surface area contributed by atoms with E-state index < -0.39 is 0 Å². The molecule has 1 saturated heterocycles. The summed E-state index contributed by atoms with van der Waals surface area (Å²) >= 11 is 0. The van der Waals surface area contributed by atoms with E-state index in [9.17, 15) is 0 Å². The number of ether oxygens (including phenoxy) is 3. The lowest BCUT2D eigenvalue weighted by atomic mass is 9.93. The lowest BCUT2D eigenvalue weighted by Gasteiger charge is -2.18. The van der Waals surface area contributed by atoms with E-state index in [0.29, 0.717) is 12.7 Å². The number of benzene rings is 1. The summed E-state index contributed by atoms with van der Waals surface area (Å²) in [4.78, 5) is 5.67. The third-order valence-corrected chi connectivity index (χ3v) is 5.00.